The van der Waals surface area contributed by atoms with Crippen molar-refractivity contribution < 1.29 is 24.0 Å². The molecule has 3 aromatic rings. The number of benzene rings is 3. The van der Waals surface area contributed by atoms with E-state index in [1.807, 2.05) is 6.07 Å². The maximum absolute atomic E-state index is 12.8. The number of carbonyl (C=O) groups excluding carboxylic acids is 2. The first kappa shape index (κ1) is 23.1. The Morgan fingerprint density at radius 1 is 0.882 bits per heavy atom. The number of nitrogens with one attached hydrogen (secondary N) is 2. The van der Waals surface area contributed by atoms with E-state index in [9.17, 15) is 19.7 Å². The topological polar surface area (TPSA) is 120 Å². The molecule has 4 rings (SSSR count). The number of hydrogen-bond donors (Lipinski definition) is 2. The second-order valence-electron chi connectivity index (χ2n) is 7.74. The van der Waals surface area contributed by atoms with E-state index < -0.39 is 11.2 Å². The summed E-state index contributed by atoms with van der Waals surface area (Å²) in [4.78, 5) is 35.5. The van der Waals surface area contributed by atoms with Crippen LogP contribution in [0.25, 0.3) is 0 Å². The highest BCUT2D eigenvalue weighted by Gasteiger charge is 2.23. The summed E-state index contributed by atoms with van der Waals surface area (Å²) in [6, 6.07) is 21.2. The maximum atomic E-state index is 12.8. The molecule has 34 heavy (non-hydrogen) atoms. The zero-order valence-electron chi connectivity index (χ0n) is 18.2. The predicted molar refractivity (Wildman–Crippen MR) is 124 cm³/mol. The van der Waals surface area contributed by atoms with E-state index in [2.05, 4.69) is 10.6 Å². The van der Waals surface area contributed by atoms with Gasteiger partial charge in [-0.3, -0.25) is 19.7 Å². The average molecular weight is 461 g/mol. The minimum absolute atomic E-state index is 0.00954. The quantitative estimate of drug-likeness (QED) is 0.422. The van der Waals surface area contributed by atoms with Gasteiger partial charge in [0, 0.05) is 34.5 Å². The third kappa shape index (κ3) is 5.83. The molecule has 2 N–H and O–H groups in total. The van der Waals surface area contributed by atoms with E-state index in [-0.39, 0.29) is 30.2 Å². The van der Waals surface area contributed by atoms with Crippen molar-refractivity contribution >= 4 is 23.2 Å². The number of non-ortho nitro benzene ring substituents is 1. The number of nitro groups is 1. The molecular formula is C25H23N3O6. The number of nitro benzene ring substituents is 1. The summed E-state index contributed by atoms with van der Waals surface area (Å²) >= 11 is 0. The van der Waals surface area contributed by atoms with Gasteiger partial charge in [0.15, 0.2) is 6.29 Å². The van der Waals surface area contributed by atoms with Crippen molar-refractivity contribution in [2.75, 3.05) is 18.5 Å². The van der Waals surface area contributed by atoms with Gasteiger partial charge in [0.05, 0.1) is 24.2 Å². The Bertz CT molecular complexity index is 1170. The largest absolute Gasteiger partial charge is 0.348 e. The number of nitrogens with zero attached hydrogens (tertiary/aromatic N) is 1. The van der Waals surface area contributed by atoms with Gasteiger partial charge in [-0.1, -0.05) is 24.3 Å². The summed E-state index contributed by atoms with van der Waals surface area (Å²) in [6.07, 6.45) is -0.126. The van der Waals surface area contributed by atoms with Gasteiger partial charge in [-0.05, 0) is 48.9 Å². The lowest BCUT2D eigenvalue weighted by Crippen LogP contribution is -2.38. The van der Waals surface area contributed by atoms with E-state index in [0.717, 1.165) is 0 Å². The molecule has 9 heteroatoms. The molecule has 0 saturated carbocycles. The second kappa shape index (κ2) is 10.7. The molecule has 1 aliphatic heterocycles. The normalized spacial score (nSPS) is 17.9. The molecule has 1 aliphatic rings. The van der Waals surface area contributed by atoms with Gasteiger partial charge in [-0.25, -0.2) is 0 Å². The van der Waals surface area contributed by atoms with Crippen LogP contribution in [0.5, 0.6) is 0 Å². The molecule has 0 aromatic heterocycles. The fourth-order valence-electron chi connectivity index (χ4n) is 3.51. The van der Waals surface area contributed by atoms with Crippen molar-refractivity contribution in [1.29, 1.82) is 0 Å². The molecule has 174 valence electrons. The van der Waals surface area contributed by atoms with Crippen molar-refractivity contribution in [1.82, 2.24) is 5.32 Å². The number of amides is 2. The zero-order chi connectivity index (χ0) is 23.9. The summed E-state index contributed by atoms with van der Waals surface area (Å²) in [5.41, 5.74) is 2.10. The van der Waals surface area contributed by atoms with Crippen LogP contribution in [-0.2, 0) is 9.47 Å². The van der Waals surface area contributed by atoms with Crippen LogP contribution < -0.4 is 10.6 Å². The van der Waals surface area contributed by atoms with E-state index in [4.69, 9.17) is 9.47 Å². The summed E-state index contributed by atoms with van der Waals surface area (Å²) < 4.78 is 11.5. The summed E-state index contributed by atoms with van der Waals surface area (Å²) in [6.45, 7) is 0.567. The molecule has 0 spiro atoms. The Balaban J connectivity index is 1.34. The Morgan fingerprint density at radius 3 is 2.35 bits per heavy atom. The number of ether oxygens (including phenoxy) is 2. The van der Waals surface area contributed by atoms with Crippen LogP contribution in [0, 0.1) is 10.1 Å². The smallest absolute Gasteiger partial charge is 0.269 e. The molecule has 0 radical (unpaired) electrons. The molecule has 2 amide bonds. The van der Waals surface area contributed by atoms with Crippen LogP contribution in [0.15, 0.2) is 78.9 Å². The second-order valence-corrected chi connectivity index (χ2v) is 7.74. The summed E-state index contributed by atoms with van der Waals surface area (Å²) in [7, 11) is 0. The third-order valence-electron chi connectivity index (χ3n) is 5.31. The average Bonchev–Trinajstić information content (AvgIpc) is 3.10. The van der Waals surface area contributed by atoms with Crippen LogP contribution >= 0.6 is 0 Å². The maximum Gasteiger partial charge on any atom is 0.269 e. The van der Waals surface area contributed by atoms with E-state index in [0.29, 0.717) is 35.4 Å². The summed E-state index contributed by atoms with van der Waals surface area (Å²) in [5, 5.41) is 16.6. The van der Waals surface area contributed by atoms with Gasteiger partial charge in [0.25, 0.3) is 17.5 Å². The highest BCUT2D eigenvalue weighted by molar-refractivity contribution is 6.05. The van der Waals surface area contributed by atoms with Crippen molar-refractivity contribution in [3.05, 3.63) is 106 Å². The summed E-state index contributed by atoms with van der Waals surface area (Å²) in [5.74, 6) is -0.553. The zero-order valence-corrected chi connectivity index (χ0v) is 18.2. The standard InChI is InChI=1S/C25H23N3O6/c29-23(17-5-2-1-3-6-17)26-20-8-4-7-19(15-20)24(30)27-21-13-14-33-25(34-16-21)18-9-11-22(12-10-18)28(31)32/h1-12,15,21,25H,13-14,16H2,(H,26,29)(H,27,30)/t21-,25-/m0/s1. The van der Waals surface area contributed by atoms with Crippen LogP contribution in [-0.4, -0.2) is 36.0 Å². The molecule has 1 saturated heterocycles. The lowest BCUT2D eigenvalue weighted by Gasteiger charge is -2.17. The van der Waals surface area contributed by atoms with E-state index >= 15 is 0 Å². The SMILES string of the molecule is O=C(Nc1cccc(C(=O)N[C@H]2CCO[C@H](c3ccc([N+](=O)[O-])cc3)OC2)c1)c1ccccc1. The Morgan fingerprint density at radius 2 is 1.62 bits per heavy atom. The van der Waals surface area contributed by atoms with Gasteiger partial charge in [-0.2, -0.15) is 0 Å². The molecular weight excluding hydrogens is 438 g/mol. The van der Waals surface area contributed by atoms with Crippen LogP contribution in [0.1, 0.15) is 39.0 Å². The van der Waals surface area contributed by atoms with Crippen molar-refractivity contribution in [3.8, 4) is 0 Å². The number of anilines is 1. The van der Waals surface area contributed by atoms with Gasteiger partial charge in [-0.15, -0.1) is 0 Å². The van der Waals surface area contributed by atoms with Crippen molar-refractivity contribution in [2.24, 2.45) is 0 Å². The fraction of sp³-hybridized carbons (Fsp3) is 0.200. The number of rotatable bonds is 6. The monoisotopic (exact) mass is 461 g/mol. The first-order valence-corrected chi connectivity index (χ1v) is 10.7. The third-order valence-corrected chi connectivity index (χ3v) is 5.31. The molecule has 0 aliphatic carbocycles. The van der Waals surface area contributed by atoms with Gasteiger partial charge in [0.1, 0.15) is 0 Å². The van der Waals surface area contributed by atoms with Crippen LogP contribution in [0.4, 0.5) is 11.4 Å². The van der Waals surface area contributed by atoms with E-state index in [1.54, 1.807) is 60.7 Å². The highest BCUT2D eigenvalue weighted by Crippen LogP contribution is 2.25. The van der Waals surface area contributed by atoms with E-state index in [1.165, 1.54) is 12.1 Å². The molecule has 0 unspecified atom stereocenters. The lowest BCUT2D eigenvalue weighted by molar-refractivity contribution is -0.384. The Labute approximate surface area is 195 Å². The molecule has 1 fully saturated rings. The first-order valence-electron chi connectivity index (χ1n) is 10.7. The Kier molecular flexibility index (Phi) is 7.26. The molecule has 9 nitrogen and oxygen atoms in total. The van der Waals surface area contributed by atoms with Crippen LogP contribution in [0.2, 0.25) is 0 Å². The van der Waals surface area contributed by atoms with Gasteiger partial charge >= 0.3 is 0 Å². The minimum atomic E-state index is -0.667. The van der Waals surface area contributed by atoms with Crippen molar-refractivity contribution in [2.45, 2.75) is 18.8 Å². The molecule has 2 atom stereocenters. The van der Waals surface area contributed by atoms with Gasteiger partial charge in [0.2, 0.25) is 0 Å². The van der Waals surface area contributed by atoms with Crippen LogP contribution in [0.3, 0.4) is 0 Å². The number of carbonyl (C=O) groups is 2. The van der Waals surface area contributed by atoms with Crippen molar-refractivity contribution in [3.63, 3.8) is 0 Å². The number of hydrogen-bond acceptors (Lipinski definition) is 6. The molecule has 0 bridgehead atoms. The predicted octanol–water partition coefficient (Wildman–Crippen LogP) is 4.08. The lowest BCUT2D eigenvalue weighted by atomic mass is 10.1. The minimum Gasteiger partial charge on any atom is -0.348 e. The highest BCUT2D eigenvalue weighted by atomic mass is 16.7. The first-order chi connectivity index (χ1) is 16.5. The van der Waals surface area contributed by atoms with Gasteiger partial charge < -0.3 is 20.1 Å². The Hall–Kier alpha value is -4.08. The molecule has 1 heterocycles. The molecule has 3 aromatic carbocycles. The fourth-order valence-corrected chi connectivity index (χ4v) is 3.51.